The average Bonchev–Trinajstić information content (AvgIpc) is 2.86. The number of carbonyl (C=O) groups excluding carboxylic acids is 2. The van der Waals surface area contributed by atoms with Gasteiger partial charge in [0.05, 0.1) is 31.6 Å². The fourth-order valence-electron chi connectivity index (χ4n) is 4.71. The Labute approximate surface area is 198 Å². The zero-order valence-corrected chi connectivity index (χ0v) is 19.2. The molecule has 0 radical (unpaired) electrons. The SMILES string of the molecule is O=C(NCC(c1cccc(F)c1)N1CCOCC1)C1CCCN(C(=O)Cc2ccc(F)cc2)C1. The van der Waals surface area contributed by atoms with Gasteiger partial charge in [-0.25, -0.2) is 8.78 Å². The highest BCUT2D eigenvalue weighted by Gasteiger charge is 2.30. The van der Waals surface area contributed by atoms with E-state index in [1.807, 2.05) is 6.07 Å². The molecule has 2 fully saturated rings. The van der Waals surface area contributed by atoms with Crippen LogP contribution in [0.25, 0.3) is 0 Å². The van der Waals surface area contributed by atoms with Crippen LogP contribution in [0.1, 0.15) is 30.0 Å². The van der Waals surface area contributed by atoms with Crippen LogP contribution in [0.3, 0.4) is 0 Å². The highest BCUT2D eigenvalue weighted by Crippen LogP contribution is 2.23. The minimum absolute atomic E-state index is 0.0601. The summed E-state index contributed by atoms with van der Waals surface area (Å²) in [6.07, 6.45) is 1.66. The Hall–Kier alpha value is -2.84. The van der Waals surface area contributed by atoms with Crippen molar-refractivity contribution in [3.05, 3.63) is 71.3 Å². The molecule has 182 valence electrons. The van der Waals surface area contributed by atoms with E-state index in [1.54, 1.807) is 23.1 Å². The van der Waals surface area contributed by atoms with Gasteiger partial charge in [-0.05, 0) is 48.2 Å². The van der Waals surface area contributed by atoms with Crippen molar-refractivity contribution in [3.8, 4) is 0 Å². The Kier molecular flexibility index (Phi) is 8.24. The number of amides is 2. The molecule has 2 saturated heterocycles. The predicted octanol–water partition coefficient (Wildman–Crippen LogP) is 2.94. The number of hydrogen-bond donors (Lipinski definition) is 1. The summed E-state index contributed by atoms with van der Waals surface area (Å²) in [5.41, 5.74) is 1.57. The van der Waals surface area contributed by atoms with Crippen LogP contribution in [-0.4, -0.2) is 67.6 Å². The summed E-state index contributed by atoms with van der Waals surface area (Å²) in [7, 11) is 0. The molecule has 0 aromatic heterocycles. The number of hydrogen-bond acceptors (Lipinski definition) is 4. The average molecular weight is 472 g/mol. The van der Waals surface area contributed by atoms with Crippen molar-refractivity contribution in [1.82, 2.24) is 15.1 Å². The van der Waals surface area contributed by atoms with Crippen LogP contribution in [0.2, 0.25) is 0 Å². The van der Waals surface area contributed by atoms with Crippen LogP contribution in [0.15, 0.2) is 48.5 Å². The van der Waals surface area contributed by atoms with Crippen molar-refractivity contribution in [2.75, 3.05) is 45.9 Å². The number of carbonyl (C=O) groups is 2. The van der Waals surface area contributed by atoms with Crippen LogP contribution < -0.4 is 5.32 Å². The lowest BCUT2D eigenvalue weighted by Crippen LogP contribution is -2.48. The first kappa shape index (κ1) is 24.3. The molecule has 2 unspecified atom stereocenters. The molecule has 0 bridgehead atoms. The second-order valence-corrected chi connectivity index (χ2v) is 8.95. The van der Waals surface area contributed by atoms with Crippen molar-refractivity contribution >= 4 is 11.8 Å². The van der Waals surface area contributed by atoms with Crippen LogP contribution in [0, 0.1) is 17.6 Å². The van der Waals surface area contributed by atoms with E-state index in [0.29, 0.717) is 52.4 Å². The van der Waals surface area contributed by atoms with Crippen molar-refractivity contribution in [3.63, 3.8) is 0 Å². The zero-order valence-electron chi connectivity index (χ0n) is 19.2. The molecule has 2 aliphatic rings. The van der Waals surface area contributed by atoms with Crippen LogP contribution in [0.4, 0.5) is 8.78 Å². The highest BCUT2D eigenvalue weighted by atomic mass is 19.1. The maximum absolute atomic E-state index is 13.9. The Bertz CT molecular complexity index is 980. The molecule has 0 saturated carbocycles. The van der Waals surface area contributed by atoms with Crippen LogP contribution >= 0.6 is 0 Å². The van der Waals surface area contributed by atoms with Crippen LogP contribution in [0.5, 0.6) is 0 Å². The lowest BCUT2D eigenvalue weighted by molar-refractivity contribution is -0.135. The Morgan fingerprint density at radius 1 is 1.03 bits per heavy atom. The normalized spacial score (nSPS) is 20.1. The first-order chi connectivity index (χ1) is 16.5. The third kappa shape index (κ3) is 6.39. The number of benzene rings is 2. The number of piperidine rings is 1. The molecule has 34 heavy (non-hydrogen) atoms. The number of rotatable bonds is 7. The van der Waals surface area contributed by atoms with Gasteiger partial charge >= 0.3 is 0 Å². The van der Waals surface area contributed by atoms with Gasteiger partial charge in [0.2, 0.25) is 11.8 Å². The Balaban J connectivity index is 1.35. The van der Waals surface area contributed by atoms with Gasteiger partial charge in [-0.2, -0.15) is 0 Å². The van der Waals surface area contributed by atoms with Gasteiger partial charge in [0.25, 0.3) is 0 Å². The summed E-state index contributed by atoms with van der Waals surface area (Å²) in [6, 6.07) is 12.3. The van der Waals surface area contributed by atoms with Gasteiger partial charge < -0.3 is 15.0 Å². The number of likely N-dealkylation sites (tertiary alicyclic amines) is 1. The molecule has 0 spiro atoms. The fourth-order valence-corrected chi connectivity index (χ4v) is 4.71. The lowest BCUT2D eigenvalue weighted by atomic mass is 9.96. The van der Waals surface area contributed by atoms with Crippen molar-refractivity contribution < 1.29 is 23.1 Å². The van der Waals surface area contributed by atoms with Gasteiger partial charge in [-0.1, -0.05) is 24.3 Å². The van der Waals surface area contributed by atoms with Crippen LogP contribution in [-0.2, 0) is 20.7 Å². The number of ether oxygens (including phenoxy) is 1. The monoisotopic (exact) mass is 471 g/mol. The van der Waals surface area contributed by atoms with Gasteiger partial charge in [0, 0.05) is 32.7 Å². The Morgan fingerprint density at radius 3 is 2.53 bits per heavy atom. The van der Waals surface area contributed by atoms with Gasteiger partial charge in [-0.15, -0.1) is 0 Å². The van der Waals surface area contributed by atoms with E-state index < -0.39 is 0 Å². The first-order valence-corrected chi connectivity index (χ1v) is 11.9. The Morgan fingerprint density at radius 2 is 1.79 bits per heavy atom. The second kappa shape index (κ2) is 11.5. The molecule has 2 aromatic rings. The molecule has 2 amide bonds. The van der Waals surface area contributed by atoms with Gasteiger partial charge in [0.1, 0.15) is 11.6 Å². The molecule has 0 aliphatic carbocycles. The third-order valence-electron chi connectivity index (χ3n) is 6.60. The fraction of sp³-hybridized carbons (Fsp3) is 0.462. The van der Waals surface area contributed by atoms with E-state index in [-0.39, 0.29) is 41.8 Å². The summed E-state index contributed by atoms with van der Waals surface area (Å²) >= 11 is 0. The molecule has 2 heterocycles. The van der Waals surface area contributed by atoms with E-state index in [9.17, 15) is 18.4 Å². The summed E-state index contributed by atoms with van der Waals surface area (Å²) in [6.45, 7) is 3.99. The lowest BCUT2D eigenvalue weighted by Gasteiger charge is -2.36. The van der Waals surface area contributed by atoms with Gasteiger partial charge in [-0.3, -0.25) is 14.5 Å². The summed E-state index contributed by atoms with van der Waals surface area (Å²) in [5, 5.41) is 3.06. The number of morpholine rings is 1. The first-order valence-electron chi connectivity index (χ1n) is 11.9. The van der Waals surface area contributed by atoms with Crippen molar-refractivity contribution in [1.29, 1.82) is 0 Å². The number of halogens is 2. The van der Waals surface area contributed by atoms with E-state index in [0.717, 1.165) is 17.5 Å². The van der Waals surface area contributed by atoms with Gasteiger partial charge in [0.15, 0.2) is 0 Å². The maximum atomic E-state index is 13.9. The summed E-state index contributed by atoms with van der Waals surface area (Å²) < 4.78 is 32.5. The molecule has 2 atom stereocenters. The molecule has 1 N–H and O–H groups in total. The molecule has 4 rings (SSSR count). The third-order valence-corrected chi connectivity index (χ3v) is 6.60. The summed E-state index contributed by atoms with van der Waals surface area (Å²) in [5.74, 6) is -1.07. The molecule has 2 aliphatic heterocycles. The quantitative estimate of drug-likeness (QED) is 0.675. The summed E-state index contributed by atoms with van der Waals surface area (Å²) in [4.78, 5) is 29.7. The van der Waals surface area contributed by atoms with Crippen molar-refractivity contribution in [2.45, 2.75) is 25.3 Å². The molecule has 6 nitrogen and oxygen atoms in total. The minimum Gasteiger partial charge on any atom is -0.379 e. The van der Waals surface area contributed by atoms with Crippen molar-refractivity contribution in [2.24, 2.45) is 5.92 Å². The number of nitrogens with zero attached hydrogens (tertiary/aromatic N) is 2. The predicted molar refractivity (Wildman–Crippen MR) is 124 cm³/mol. The number of nitrogens with one attached hydrogen (secondary N) is 1. The van der Waals surface area contributed by atoms with E-state index >= 15 is 0 Å². The topological polar surface area (TPSA) is 61.9 Å². The van der Waals surface area contributed by atoms with E-state index in [2.05, 4.69) is 10.2 Å². The second-order valence-electron chi connectivity index (χ2n) is 8.95. The molecular weight excluding hydrogens is 440 g/mol. The molecular formula is C26H31F2N3O3. The maximum Gasteiger partial charge on any atom is 0.227 e. The van der Waals surface area contributed by atoms with E-state index in [1.165, 1.54) is 24.3 Å². The standard InChI is InChI=1S/C26H31F2N3O3/c27-22-8-6-19(7-9-22)15-25(32)31-10-2-4-21(18-31)26(33)29-17-24(30-11-13-34-14-12-30)20-3-1-5-23(28)16-20/h1,3,5-9,16,21,24H,2,4,10-15,17-18H2,(H,29,33). The zero-order chi connectivity index (χ0) is 23.9. The smallest absolute Gasteiger partial charge is 0.227 e. The largest absolute Gasteiger partial charge is 0.379 e. The molecule has 2 aromatic carbocycles. The highest BCUT2D eigenvalue weighted by molar-refractivity contribution is 5.82. The van der Waals surface area contributed by atoms with E-state index in [4.69, 9.17) is 4.74 Å². The minimum atomic E-state index is -0.334. The molecule has 8 heteroatoms.